The number of rotatable bonds is 2. The molecule has 1 saturated heterocycles. The van der Waals surface area contributed by atoms with E-state index in [2.05, 4.69) is 9.83 Å². The van der Waals surface area contributed by atoms with E-state index >= 15 is 0 Å². The van der Waals surface area contributed by atoms with E-state index in [0.29, 0.717) is 36.6 Å². The number of pyridine rings is 1. The first-order valence-corrected chi connectivity index (χ1v) is 8.89. The van der Waals surface area contributed by atoms with Crippen molar-refractivity contribution in [2.24, 2.45) is 0 Å². The lowest BCUT2D eigenvalue weighted by Gasteiger charge is -2.43. The molecule has 142 valence electrons. The Hall–Kier alpha value is -2.99. The molecule has 1 aromatic carbocycles. The maximum atomic E-state index is 14.5. The molecule has 0 N–H and O–H groups in total. The second kappa shape index (κ2) is 6.27. The zero-order valence-corrected chi connectivity index (χ0v) is 15.5. The van der Waals surface area contributed by atoms with Gasteiger partial charge in [0.25, 0.3) is 11.7 Å². The van der Waals surface area contributed by atoms with Gasteiger partial charge in [0.05, 0.1) is 5.69 Å². The van der Waals surface area contributed by atoms with Gasteiger partial charge in [0.2, 0.25) is 0 Å². The van der Waals surface area contributed by atoms with Gasteiger partial charge in [0.1, 0.15) is 23.2 Å². The van der Waals surface area contributed by atoms with Crippen molar-refractivity contribution < 1.29 is 18.0 Å². The number of carbonyl (C=O) groups is 1. The number of aromatic nitrogens is 1. The largest absolute Gasteiger partial charge is 0.360 e. The van der Waals surface area contributed by atoms with E-state index in [1.54, 1.807) is 13.0 Å². The van der Waals surface area contributed by atoms with E-state index in [4.69, 9.17) is 18.8 Å². The van der Waals surface area contributed by atoms with Gasteiger partial charge in [0.15, 0.2) is 16.7 Å². The second-order valence-corrected chi connectivity index (χ2v) is 7.15. The third kappa shape index (κ3) is 2.34. The number of amides is 1. The highest BCUT2D eigenvalue weighted by Crippen LogP contribution is 2.49. The van der Waals surface area contributed by atoms with Gasteiger partial charge in [-0.2, -0.15) is 0 Å². The minimum absolute atomic E-state index is 0.148. The highest BCUT2D eigenvalue weighted by atomic mass is 32.1. The molecule has 1 spiro atoms. The van der Waals surface area contributed by atoms with Gasteiger partial charge in [-0.25, -0.2) is 13.2 Å². The van der Waals surface area contributed by atoms with Crippen LogP contribution in [0.5, 0.6) is 0 Å². The smallest absolute Gasteiger partial charge is 0.272 e. The van der Waals surface area contributed by atoms with Crippen LogP contribution in [0.15, 0.2) is 24.4 Å². The summed E-state index contributed by atoms with van der Waals surface area (Å²) in [6.07, 6.45) is 2.67. The molecule has 1 amide bonds. The van der Waals surface area contributed by atoms with Crippen molar-refractivity contribution in [3.8, 4) is 0 Å². The Balaban J connectivity index is 1.87. The molecule has 28 heavy (non-hydrogen) atoms. The SMILES string of the molecule is [C-]#[N+]c1ncc(N2C(=O)C3(CCC3)N(c3c(F)ccc(F)c3F)C2=S)cc1C. The summed E-state index contributed by atoms with van der Waals surface area (Å²) >= 11 is 5.41. The van der Waals surface area contributed by atoms with Crippen LogP contribution in [0.1, 0.15) is 24.8 Å². The van der Waals surface area contributed by atoms with Crippen molar-refractivity contribution in [1.82, 2.24) is 4.98 Å². The molecule has 1 saturated carbocycles. The average Bonchev–Trinajstić information content (AvgIpc) is 2.86. The number of hydrogen-bond acceptors (Lipinski definition) is 3. The molecule has 2 fully saturated rings. The summed E-state index contributed by atoms with van der Waals surface area (Å²) < 4.78 is 42.8. The first kappa shape index (κ1) is 18.4. The van der Waals surface area contributed by atoms with E-state index in [0.717, 1.165) is 15.9 Å². The Bertz CT molecular complexity index is 1080. The number of hydrogen-bond donors (Lipinski definition) is 0. The lowest BCUT2D eigenvalue weighted by atomic mass is 9.75. The van der Waals surface area contributed by atoms with Crippen molar-refractivity contribution in [3.63, 3.8) is 0 Å². The van der Waals surface area contributed by atoms with Crippen LogP contribution in [0.4, 0.5) is 30.4 Å². The Kier molecular flexibility index (Phi) is 4.12. The van der Waals surface area contributed by atoms with Crippen LogP contribution < -0.4 is 9.80 Å². The summed E-state index contributed by atoms with van der Waals surface area (Å²) in [7, 11) is 0. The molecular formula is C19H13F3N4OS. The van der Waals surface area contributed by atoms with Gasteiger partial charge in [-0.3, -0.25) is 14.6 Å². The second-order valence-electron chi connectivity index (χ2n) is 6.78. The van der Waals surface area contributed by atoms with Gasteiger partial charge in [-0.05, 0) is 62.2 Å². The molecule has 1 aromatic heterocycles. The maximum Gasteiger partial charge on any atom is 0.272 e. The van der Waals surface area contributed by atoms with Crippen LogP contribution in [-0.4, -0.2) is 21.5 Å². The molecule has 2 aliphatic rings. The maximum absolute atomic E-state index is 14.5. The Morgan fingerprint density at radius 3 is 2.50 bits per heavy atom. The fourth-order valence-corrected chi connectivity index (χ4v) is 4.13. The summed E-state index contributed by atoms with van der Waals surface area (Å²) in [5.41, 5.74) is -1.08. The number of carbonyl (C=O) groups excluding carboxylic acids is 1. The summed E-state index contributed by atoms with van der Waals surface area (Å²) in [5.74, 6) is -3.87. The number of nitrogens with zero attached hydrogens (tertiary/aromatic N) is 4. The monoisotopic (exact) mass is 402 g/mol. The van der Waals surface area contributed by atoms with Crippen molar-refractivity contribution in [1.29, 1.82) is 0 Å². The zero-order valence-electron chi connectivity index (χ0n) is 14.7. The van der Waals surface area contributed by atoms with Gasteiger partial charge >= 0.3 is 0 Å². The average molecular weight is 402 g/mol. The highest BCUT2D eigenvalue weighted by Gasteiger charge is 2.60. The molecular weight excluding hydrogens is 389 g/mol. The van der Waals surface area contributed by atoms with Crippen molar-refractivity contribution in [2.75, 3.05) is 9.80 Å². The first-order chi connectivity index (χ1) is 13.3. The number of anilines is 2. The highest BCUT2D eigenvalue weighted by molar-refractivity contribution is 7.81. The lowest BCUT2D eigenvalue weighted by molar-refractivity contribution is -0.123. The lowest BCUT2D eigenvalue weighted by Crippen LogP contribution is -2.55. The fourth-order valence-electron chi connectivity index (χ4n) is 3.67. The molecule has 1 aliphatic carbocycles. The van der Waals surface area contributed by atoms with Crippen LogP contribution in [0.25, 0.3) is 4.85 Å². The van der Waals surface area contributed by atoms with Crippen LogP contribution in [0.2, 0.25) is 0 Å². The predicted molar refractivity (Wildman–Crippen MR) is 101 cm³/mol. The zero-order chi connectivity index (χ0) is 20.2. The van der Waals surface area contributed by atoms with Gasteiger partial charge in [-0.1, -0.05) is 6.57 Å². The first-order valence-electron chi connectivity index (χ1n) is 8.48. The van der Waals surface area contributed by atoms with Crippen molar-refractivity contribution in [3.05, 3.63) is 58.8 Å². The molecule has 0 radical (unpaired) electrons. The molecule has 1 aliphatic heterocycles. The van der Waals surface area contributed by atoms with E-state index in [1.807, 2.05) is 0 Å². The minimum Gasteiger partial charge on any atom is -0.360 e. The molecule has 0 atom stereocenters. The van der Waals surface area contributed by atoms with E-state index < -0.39 is 34.6 Å². The quantitative estimate of drug-likeness (QED) is 0.424. The van der Waals surface area contributed by atoms with Crippen LogP contribution in [-0.2, 0) is 4.79 Å². The van der Waals surface area contributed by atoms with Gasteiger partial charge in [-0.15, -0.1) is 4.98 Å². The third-order valence-corrected chi connectivity index (χ3v) is 5.60. The number of halogens is 3. The molecule has 2 aromatic rings. The van der Waals surface area contributed by atoms with Crippen LogP contribution in [0.3, 0.4) is 0 Å². The summed E-state index contributed by atoms with van der Waals surface area (Å²) in [6.45, 7) is 8.75. The Morgan fingerprint density at radius 2 is 1.93 bits per heavy atom. The fraction of sp³-hybridized carbons (Fsp3) is 0.263. The van der Waals surface area contributed by atoms with Crippen molar-refractivity contribution in [2.45, 2.75) is 31.7 Å². The molecule has 2 heterocycles. The molecule has 0 bridgehead atoms. The number of aryl methyl sites for hydroxylation is 1. The summed E-state index contributed by atoms with van der Waals surface area (Å²) in [6, 6.07) is 3.07. The molecule has 0 unspecified atom stereocenters. The van der Waals surface area contributed by atoms with Gasteiger partial charge in [0, 0.05) is 0 Å². The predicted octanol–water partition coefficient (Wildman–Crippen LogP) is 4.42. The topological polar surface area (TPSA) is 40.8 Å². The van der Waals surface area contributed by atoms with E-state index in [-0.39, 0.29) is 10.9 Å². The summed E-state index contributed by atoms with van der Waals surface area (Å²) in [5, 5.41) is -0.148. The third-order valence-electron chi connectivity index (χ3n) is 5.24. The summed E-state index contributed by atoms with van der Waals surface area (Å²) in [4.78, 5) is 22.8. The Labute approximate surface area is 164 Å². The van der Waals surface area contributed by atoms with Gasteiger partial charge < -0.3 is 4.85 Å². The van der Waals surface area contributed by atoms with Crippen LogP contribution in [0, 0.1) is 30.9 Å². The standard InChI is InChI=1S/C19H13F3N4OS/c1-10-8-11(9-24-16(10)23-2)25-17(27)19(6-3-7-19)26(18(25)28)15-13(21)5-4-12(20)14(15)22/h4-5,8-9H,3,6-7H2,1H3. The molecule has 9 heteroatoms. The number of benzene rings is 1. The molecule has 4 rings (SSSR count). The normalized spacial score (nSPS) is 17.8. The van der Waals surface area contributed by atoms with E-state index in [1.165, 1.54) is 6.20 Å². The Morgan fingerprint density at radius 1 is 1.25 bits per heavy atom. The van der Waals surface area contributed by atoms with Crippen molar-refractivity contribution >= 4 is 40.4 Å². The van der Waals surface area contributed by atoms with E-state index in [9.17, 15) is 18.0 Å². The minimum atomic E-state index is -1.39. The number of thiocarbonyl (C=S) groups is 1. The van der Waals surface area contributed by atoms with Crippen LogP contribution >= 0.6 is 12.2 Å². The molecule has 5 nitrogen and oxygen atoms in total.